The largest absolute Gasteiger partial charge is 0.326 e. The number of nitrogens with zero attached hydrogens (tertiary/aromatic N) is 2. The van der Waals surface area contributed by atoms with E-state index in [0.717, 1.165) is 47.5 Å². The van der Waals surface area contributed by atoms with Crippen molar-refractivity contribution >= 4 is 11.8 Å². The van der Waals surface area contributed by atoms with E-state index in [0.29, 0.717) is 16.5 Å². The van der Waals surface area contributed by atoms with Gasteiger partial charge < -0.3 is 5.73 Å². The second-order valence-electron chi connectivity index (χ2n) is 4.50. The lowest BCUT2D eigenvalue weighted by Crippen LogP contribution is -2.10. The summed E-state index contributed by atoms with van der Waals surface area (Å²) in [6.07, 6.45) is 1.57. The van der Waals surface area contributed by atoms with E-state index in [1.165, 1.54) is 12.1 Å². The molecule has 0 atom stereocenters. The third-order valence-electron chi connectivity index (χ3n) is 3.23. The monoisotopic (exact) mass is 309 g/mol. The Morgan fingerprint density at radius 2 is 1.86 bits per heavy atom. The molecule has 0 aliphatic rings. The fraction of sp³-hybridized carbons (Fsp3) is 0.333. The van der Waals surface area contributed by atoms with Crippen LogP contribution >= 0.6 is 11.8 Å². The quantitative estimate of drug-likeness (QED) is 0.918. The van der Waals surface area contributed by atoms with Gasteiger partial charge in [0.05, 0.1) is 5.69 Å². The minimum Gasteiger partial charge on any atom is -0.326 e. The van der Waals surface area contributed by atoms with Crippen LogP contribution in [0.25, 0.3) is 0 Å². The summed E-state index contributed by atoms with van der Waals surface area (Å²) in [4.78, 5) is 0.312. The summed E-state index contributed by atoms with van der Waals surface area (Å²) < 4.78 is 26.7. The predicted octanol–water partition coefficient (Wildman–Crippen LogP) is 3.49. The van der Waals surface area contributed by atoms with Gasteiger partial charge >= 0.3 is 0 Å². The fourth-order valence-corrected chi connectivity index (χ4v) is 3.10. The average Bonchev–Trinajstić information content (AvgIpc) is 2.49. The van der Waals surface area contributed by atoms with Crippen LogP contribution in [0.4, 0.5) is 8.78 Å². The number of aryl methyl sites for hydroxylation is 1. The number of benzene rings is 1. The van der Waals surface area contributed by atoms with Crippen LogP contribution in [0.2, 0.25) is 0 Å². The Labute approximate surface area is 127 Å². The second kappa shape index (κ2) is 6.95. The highest BCUT2D eigenvalue weighted by Gasteiger charge is 2.16. The fourth-order valence-electron chi connectivity index (χ4n) is 2.19. The van der Waals surface area contributed by atoms with Gasteiger partial charge in [-0.05, 0) is 30.5 Å². The molecule has 0 fully saturated rings. The van der Waals surface area contributed by atoms with Crippen LogP contribution < -0.4 is 5.73 Å². The van der Waals surface area contributed by atoms with Crippen LogP contribution in [0.15, 0.2) is 28.1 Å². The van der Waals surface area contributed by atoms with Gasteiger partial charge in [-0.3, -0.25) is 0 Å². The van der Waals surface area contributed by atoms with Gasteiger partial charge in [-0.1, -0.05) is 25.6 Å². The topological polar surface area (TPSA) is 51.8 Å². The third kappa shape index (κ3) is 3.39. The van der Waals surface area contributed by atoms with Crippen molar-refractivity contribution in [3.05, 3.63) is 46.7 Å². The Kier molecular flexibility index (Phi) is 5.25. The van der Waals surface area contributed by atoms with E-state index in [2.05, 4.69) is 10.2 Å². The number of rotatable bonds is 5. The van der Waals surface area contributed by atoms with E-state index < -0.39 is 11.6 Å². The number of hydrogen-bond donors (Lipinski definition) is 1. The number of hydrogen-bond acceptors (Lipinski definition) is 4. The molecule has 2 aromatic rings. The Hall–Kier alpha value is -1.53. The van der Waals surface area contributed by atoms with Crippen molar-refractivity contribution in [2.45, 2.75) is 43.2 Å². The zero-order chi connectivity index (χ0) is 15.4. The van der Waals surface area contributed by atoms with Gasteiger partial charge in [-0.15, -0.1) is 5.10 Å². The molecule has 3 nitrogen and oxygen atoms in total. The lowest BCUT2D eigenvalue weighted by molar-refractivity contribution is 0.565. The molecule has 1 aromatic heterocycles. The number of aromatic nitrogens is 2. The van der Waals surface area contributed by atoms with Gasteiger partial charge in [-0.2, -0.15) is 5.10 Å². The van der Waals surface area contributed by atoms with E-state index >= 15 is 0 Å². The Balaban J connectivity index is 2.44. The molecule has 112 valence electrons. The maximum atomic E-state index is 13.8. The molecule has 0 saturated carbocycles. The summed E-state index contributed by atoms with van der Waals surface area (Å²) in [6.45, 7) is 4.36. The van der Waals surface area contributed by atoms with Gasteiger partial charge in [0.15, 0.2) is 0 Å². The van der Waals surface area contributed by atoms with E-state index in [9.17, 15) is 8.78 Å². The second-order valence-corrected chi connectivity index (χ2v) is 5.53. The maximum Gasteiger partial charge on any atom is 0.140 e. The lowest BCUT2D eigenvalue weighted by atomic mass is 10.0. The summed E-state index contributed by atoms with van der Waals surface area (Å²) in [7, 11) is 0. The zero-order valence-corrected chi connectivity index (χ0v) is 12.8. The van der Waals surface area contributed by atoms with Gasteiger partial charge in [0.2, 0.25) is 0 Å². The molecule has 0 unspecified atom stereocenters. The SMILES string of the molecule is CCc1nnc(Sc2ccc(F)cc2F)c(CN)c1CC. The molecule has 0 aliphatic heterocycles. The van der Waals surface area contributed by atoms with Crippen LogP contribution in [0, 0.1) is 11.6 Å². The van der Waals surface area contributed by atoms with Crippen LogP contribution in [0.3, 0.4) is 0 Å². The molecule has 0 bridgehead atoms. The Bertz CT molecular complexity index is 647. The normalized spacial score (nSPS) is 10.9. The van der Waals surface area contributed by atoms with Crippen molar-refractivity contribution in [2.75, 3.05) is 0 Å². The summed E-state index contributed by atoms with van der Waals surface area (Å²) in [6, 6.07) is 3.48. The Morgan fingerprint density at radius 3 is 2.43 bits per heavy atom. The smallest absolute Gasteiger partial charge is 0.140 e. The summed E-state index contributed by atoms with van der Waals surface area (Å²) >= 11 is 1.13. The molecular weight excluding hydrogens is 292 g/mol. The molecule has 1 heterocycles. The van der Waals surface area contributed by atoms with Gasteiger partial charge in [-0.25, -0.2) is 8.78 Å². The molecule has 2 N–H and O–H groups in total. The molecule has 0 amide bonds. The minimum atomic E-state index is -0.609. The summed E-state index contributed by atoms with van der Waals surface area (Å²) in [5, 5.41) is 8.94. The molecular formula is C15H17F2N3S. The maximum absolute atomic E-state index is 13.8. The standard InChI is InChI=1S/C15H17F2N3S/c1-3-10-11(8-18)15(20-19-13(10)4-2)21-14-6-5-9(16)7-12(14)17/h5-7H,3-4,8,18H2,1-2H3. The summed E-state index contributed by atoms with van der Waals surface area (Å²) in [5.74, 6) is -1.21. The predicted molar refractivity (Wildman–Crippen MR) is 79.2 cm³/mol. The number of halogens is 2. The molecule has 0 saturated heterocycles. The first-order chi connectivity index (χ1) is 10.1. The molecule has 21 heavy (non-hydrogen) atoms. The van der Waals surface area contributed by atoms with Crippen molar-refractivity contribution in [1.29, 1.82) is 0 Å². The van der Waals surface area contributed by atoms with Gasteiger partial charge in [0.25, 0.3) is 0 Å². The minimum absolute atomic E-state index is 0.312. The molecule has 6 heteroatoms. The lowest BCUT2D eigenvalue weighted by Gasteiger charge is -2.13. The zero-order valence-electron chi connectivity index (χ0n) is 12.0. The third-order valence-corrected chi connectivity index (χ3v) is 4.30. The molecule has 0 aliphatic carbocycles. The van der Waals surface area contributed by atoms with E-state index in [-0.39, 0.29) is 0 Å². The van der Waals surface area contributed by atoms with Crippen LogP contribution in [0.1, 0.15) is 30.7 Å². The highest BCUT2D eigenvalue weighted by Crippen LogP contribution is 2.32. The van der Waals surface area contributed by atoms with E-state index in [1.54, 1.807) is 0 Å². The molecule has 0 spiro atoms. The highest BCUT2D eigenvalue weighted by molar-refractivity contribution is 7.99. The molecule has 0 radical (unpaired) electrons. The van der Waals surface area contributed by atoms with Crippen molar-refractivity contribution in [3.8, 4) is 0 Å². The van der Waals surface area contributed by atoms with Crippen molar-refractivity contribution in [3.63, 3.8) is 0 Å². The first-order valence-electron chi connectivity index (χ1n) is 6.80. The van der Waals surface area contributed by atoms with Crippen LogP contribution in [-0.4, -0.2) is 10.2 Å². The van der Waals surface area contributed by atoms with Gasteiger partial charge in [0, 0.05) is 23.1 Å². The molecule has 2 rings (SSSR count). The summed E-state index contributed by atoms with van der Waals surface area (Å²) in [5.41, 5.74) is 8.71. The van der Waals surface area contributed by atoms with E-state index in [1.807, 2.05) is 13.8 Å². The van der Waals surface area contributed by atoms with Crippen molar-refractivity contribution in [1.82, 2.24) is 10.2 Å². The van der Waals surface area contributed by atoms with Crippen LogP contribution in [-0.2, 0) is 19.4 Å². The first-order valence-corrected chi connectivity index (χ1v) is 7.62. The highest BCUT2D eigenvalue weighted by atomic mass is 32.2. The van der Waals surface area contributed by atoms with E-state index in [4.69, 9.17) is 5.73 Å². The molecule has 1 aromatic carbocycles. The van der Waals surface area contributed by atoms with Gasteiger partial charge in [0.1, 0.15) is 16.7 Å². The van der Waals surface area contributed by atoms with Crippen molar-refractivity contribution in [2.24, 2.45) is 5.73 Å². The average molecular weight is 309 g/mol. The Morgan fingerprint density at radius 1 is 1.10 bits per heavy atom. The first kappa shape index (κ1) is 15.9. The number of nitrogens with two attached hydrogens (primary N) is 1. The van der Waals surface area contributed by atoms with Crippen LogP contribution in [0.5, 0.6) is 0 Å². The van der Waals surface area contributed by atoms with Crippen molar-refractivity contribution < 1.29 is 8.78 Å².